The number of rotatable bonds is 2. The molecule has 0 aromatic carbocycles. The van der Waals surface area contributed by atoms with Gasteiger partial charge >= 0.3 is 0 Å². The van der Waals surface area contributed by atoms with Gasteiger partial charge in [-0.1, -0.05) is 13.8 Å². The van der Waals surface area contributed by atoms with Gasteiger partial charge in [0.05, 0.1) is 0 Å². The summed E-state index contributed by atoms with van der Waals surface area (Å²) in [5.74, 6) is 1.88. The van der Waals surface area contributed by atoms with E-state index in [1.165, 1.54) is 19.3 Å². The summed E-state index contributed by atoms with van der Waals surface area (Å²) in [6.45, 7) is 4.70. The second-order valence-electron chi connectivity index (χ2n) is 4.43. The van der Waals surface area contributed by atoms with Gasteiger partial charge in [-0.05, 0) is 45.2 Å². The van der Waals surface area contributed by atoms with Crippen LogP contribution in [-0.2, 0) is 0 Å². The Morgan fingerprint density at radius 2 is 1.82 bits per heavy atom. The molecule has 0 aromatic rings. The van der Waals surface area contributed by atoms with E-state index in [0.29, 0.717) is 0 Å². The van der Waals surface area contributed by atoms with Crippen LogP contribution in [0, 0.1) is 11.8 Å². The molecular formula is C10H21N. The molecule has 0 amide bonds. The maximum atomic E-state index is 2.38. The predicted octanol–water partition coefficient (Wildman–Crippen LogP) is 2.37. The Morgan fingerprint density at radius 3 is 2.09 bits per heavy atom. The van der Waals surface area contributed by atoms with E-state index in [-0.39, 0.29) is 0 Å². The quantitative estimate of drug-likeness (QED) is 0.592. The smallest absolute Gasteiger partial charge is 0.00920 e. The summed E-state index contributed by atoms with van der Waals surface area (Å²) in [7, 11) is 4.40. The molecule has 0 spiro atoms. The topological polar surface area (TPSA) is 3.24 Å². The van der Waals surface area contributed by atoms with E-state index in [1.54, 1.807) is 0 Å². The summed E-state index contributed by atoms with van der Waals surface area (Å²) in [4.78, 5) is 2.38. The van der Waals surface area contributed by atoms with Crippen molar-refractivity contribution in [2.45, 2.75) is 39.2 Å². The molecule has 0 radical (unpaired) electrons. The van der Waals surface area contributed by atoms with Crippen LogP contribution in [0.15, 0.2) is 0 Å². The first kappa shape index (κ1) is 9.05. The van der Waals surface area contributed by atoms with Gasteiger partial charge in [-0.25, -0.2) is 0 Å². The third-order valence-corrected chi connectivity index (χ3v) is 3.12. The zero-order chi connectivity index (χ0) is 8.43. The third kappa shape index (κ3) is 2.19. The molecule has 0 saturated heterocycles. The standard InChI is InChI=1S/C10H21N/c1-8(2)9-5-6-10(7-9)11(3)4/h8-10H,5-7H2,1-4H3/t9-,10+/m0/s1. The normalized spacial score (nSPS) is 32.2. The van der Waals surface area contributed by atoms with Crippen molar-refractivity contribution in [3.63, 3.8) is 0 Å². The van der Waals surface area contributed by atoms with E-state index in [2.05, 4.69) is 32.8 Å². The lowest BCUT2D eigenvalue weighted by atomic mass is 9.94. The highest BCUT2D eigenvalue weighted by atomic mass is 15.1. The molecule has 1 saturated carbocycles. The number of hydrogen-bond donors (Lipinski definition) is 0. The second kappa shape index (κ2) is 3.57. The van der Waals surface area contributed by atoms with Crippen molar-refractivity contribution in [3.05, 3.63) is 0 Å². The Kier molecular flexibility index (Phi) is 2.94. The highest BCUT2D eigenvalue weighted by Crippen LogP contribution is 2.33. The highest BCUT2D eigenvalue weighted by molar-refractivity contribution is 4.81. The van der Waals surface area contributed by atoms with E-state index >= 15 is 0 Å². The first-order chi connectivity index (χ1) is 5.11. The SMILES string of the molecule is CC(C)[C@H]1CC[C@@H](N(C)C)C1. The summed E-state index contributed by atoms with van der Waals surface area (Å²) in [5, 5.41) is 0. The summed E-state index contributed by atoms with van der Waals surface area (Å²) in [5.41, 5.74) is 0. The van der Waals surface area contributed by atoms with Crippen molar-refractivity contribution in [3.8, 4) is 0 Å². The maximum Gasteiger partial charge on any atom is 0.00920 e. The van der Waals surface area contributed by atoms with Gasteiger partial charge in [-0.3, -0.25) is 0 Å². The second-order valence-corrected chi connectivity index (χ2v) is 4.43. The molecule has 1 rings (SSSR count). The molecule has 0 aliphatic heterocycles. The van der Waals surface area contributed by atoms with E-state index in [1.807, 2.05) is 0 Å². The van der Waals surface area contributed by atoms with Crippen molar-refractivity contribution in [1.29, 1.82) is 0 Å². The largest absolute Gasteiger partial charge is 0.306 e. The van der Waals surface area contributed by atoms with Crippen LogP contribution in [-0.4, -0.2) is 25.0 Å². The summed E-state index contributed by atoms with van der Waals surface area (Å²) in [6, 6.07) is 0.863. The Balaban J connectivity index is 2.35. The van der Waals surface area contributed by atoms with E-state index in [4.69, 9.17) is 0 Å². The molecule has 2 atom stereocenters. The predicted molar refractivity (Wildman–Crippen MR) is 49.7 cm³/mol. The molecular weight excluding hydrogens is 134 g/mol. The maximum absolute atomic E-state index is 2.38. The van der Waals surface area contributed by atoms with Crippen LogP contribution in [0.2, 0.25) is 0 Å². The van der Waals surface area contributed by atoms with Crippen molar-refractivity contribution in [1.82, 2.24) is 4.90 Å². The number of nitrogens with zero attached hydrogens (tertiary/aromatic N) is 1. The Bertz CT molecular complexity index is 104. The van der Waals surface area contributed by atoms with Gasteiger partial charge in [-0.15, -0.1) is 0 Å². The lowest BCUT2D eigenvalue weighted by Crippen LogP contribution is -2.25. The van der Waals surface area contributed by atoms with Gasteiger partial charge < -0.3 is 4.90 Å². The van der Waals surface area contributed by atoms with Gasteiger partial charge in [0.15, 0.2) is 0 Å². The molecule has 0 unspecified atom stereocenters. The highest BCUT2D eigenvalue weighted by Gasteiger charge is 2.27. The van der Waals surface area contributed by atoms with Crippen molar-refractivity contribution < 1.29 is 0 Å². The van der Waals surface area contributed by atoms with Crippen LogP contribution in [0.5, 0.6) is 0 Å². The van der Waals surface area contributed by atoms with E-state index in [9.17, 15) is 0 Å². The molecule has 11 heavy (non-hydrogen) atoms. The lowest BCUT2D eigenvalue weighted by Gasteiger charge is -2.20. The average molecular weight is 155 g/mol. The fourth-order valence-corrected chi connectivity index (χ4v) is 2.07. The van der Waals surface area contributed by atoms with Crippen LogP contribution >= 0.6 is 0 Å². The van der Waals surface area contributed by atoms with Crippen molar-refractivity contribution in [2.75, 3.05) is 14.1 Å². The Labute approximate surface area is 70.8 Å². The lowest BCUT2D eigenvalue weighted by molar-refractivity contribution is 0.279. The van der Waals surface area contributed by atoms with Crippen LogP contribution in [0.25, 0.3) is 0 Å². The van der Waals surface area contributed by atoms with Crippen molar-refractivity contribution >= 4 is 0 Å². The molecule has 1 nitrogen and oxygen atoms in total. The number of hydrogen-bond acceptors (Lipinski definition) is 1. The zero-order valence-corrected chi connectivity index (χ0v) is 8.30. The van der Waals surface area contributed by atoms with E-state index < -0.39 is 0 Å². The summed E-state index contributed by atoms with van der Waals surface area (Å²) in [6.07, 6.45) is 4.28. The monoisotopic (exact) mass is 155 g/mol. The van der Waals surface area contributed by atoms with Crippen molar-refractivity contribution in [2.24, 2.45) is 11.8 Å². The fourth-order valence-electron chi connectivity index (χ4n) is 2.07. The zero-order valence-electron chi connectivity index (χ0n) is 8.30. The molecule has 1 aliphatic carbocycles. The molecule has 1 fully saturated rings. The molecule has 1 heteroatoms. The molecule has 0 bridgehead atoms. The first-order valence-corrected chi connectivity index (χ1v) is 4.77. The van der Waals surface area contributed by atoms with Crippen LogP contribution in [0.1, 0.15) is 33.1 Å². The molecule has 66 valence electrons. The van der Waals surface area contributed by atoms with E-state index in [0.717, 1.165) is 17.9 Å². The first-order valence-electron chi connectivity index (χ1n) is 4.77. The van der Waals surface area contributed by atoms with Gasteiger partial charge in [0.2, 0.25) is 0 Å². The summed E-state index contributed by atoms with van der Waals surface area (Å²) < 4.78 is 0. The minimum absolute atomic E-state index is 0.863. The van der Waals surface area contributed by atoms with Gasteiger partial charge in [0, 0.05) is 6.04 Å². The molecule has 0 heterocycles. The van der Waals surface area contributed by atoms with Gasteiger partial charge in [0.1, 0.15) is 0 Å². The van der Waals surface area contributed by atoms with Gasteiger partial charge in [-0.2, -0.15) is 0 Å². The minimum Gasteiger partial charge on any atom is -0.306 e. The van der Waals surface area contributed by atoms with Crippen LogP contribution in [0.4, 0.5) is 0 Å². The third-order valence-electron chi connectivity index (χ3n) is 3.12. The molecule has 0 aromatic heterocycles. The molecule has 1 aliphatic rings. The van der Waals surface area contributed by atoms with Crippen LogP contribution < -0.4 is 0 Å². The minimum atomic E-state index is 0.863. The fraction of sp³-hybridized carbons (Fsp3) is 1.00. The molecule has 0 N–H and O–H groups in total. The Morgan fingerprint density at radius 1 is 1.18 bits per heavy atom. The van der Waals surface area contributed by atoms with Gasteiger partial charge in [0.25, 0.3) is 0 Å². The average Bonchev–Trinajstić information content (AvgIpc) is 2.33. The Hall–Kier alpha value is -0.0400. The summed E-state index contributed by atoms with van der Waals surface area (Å²) >= 11 is 0. The van der Waals surface area contributed by atoms with Crippen LogP contribution in [0.3, 0.4) is 0 Å².